The monoisotopic (exact) mass is 695 g/mol. The van der Waals surface area contributed by atoms with Crippen molar-refractivity contribution in [3.63, 3.8) is 0 Å². The van der Waals surface area contributed by atoms with Gasteiger partial charge in [-0.1, -0.05) is 72.8 Å². The minimum absolute atomic E-state index is 0.132. The zero-order valence-electron chi connectivity index (χ0n) is 27.2. The van der Waals surface area contributed by atoms with Gasteiger partial charge in [0.2, 0.25) is 11.8 Å². The van der Waals surface area contributed by atoms with E-state index in [1.807, 2.05) is 70.9 Å². The predicted molar refractivity (Wildman–Crippen MR) is 189 cm³/mol. The van der Waals surface area contributed by atoms with Crippen molar-refractivity contribution in [2.75, 3.05) is 26.2 Å². The summed E-state index contributed by atoms with van der Waals surface area (Å²) < 4.78 is 39.4. The number of amides is 2. The number of pyridine rings is 1. The molecule has 1 atom stereocenters. The van der Waals surface area contributed by atoms with Crippen LogP contribution in [0.5, 0.6) is 0 Å². The predicted octanol–water partition coefficient (Wildman–Crippen LogP) is 7.22. The number of carbonyl (C=O) groups is 2. The van der Waals surface area contributed by atoms with Gasteiger partial charge in [-0.2, -0.15) is 13.2 Å². The molecular formula is C39H36F3N5O2S. The first-order chi connectivity index (χ1) is 24.2. The summed E-state index contributed by atoms with van der Waals surface area (Å²) in [4.78, 5) is 43.1. The summed E-state index contributed by atoms with van der Waals surface area (Å²) in [5.74, 6) is -0.603. The molecule has 0 N–H and O–H groups in total. The molecule has 5 aromatic rings. The molecule has 6 rings (SSSR count). The van der Waals surface area contributed by atoms with Crippen LogP contribution in [-0.2, 0) is 35.3 Å². The summed E-state index contributed by atoms with van der Waals surface area (Å²) in [6.07, 6.45) is 0.287. The summed E-state index contributed by atoms with van der Waals surface area (Å²) in [5.41, 5.74) is 5.81. The van der Waals surface area contributed by atoms with Crippen LogP contribution in [0.1, 0.15) is 27.9 Å². The quantitative estimate of drug-likeness (QED) is 0.137. The van der Waals surface area contributed by atoms with Crippen molar-refractivity contribution in [1.82, 2.24) is 24.7 Å². The second-order valence-corrected chi connectivity index (χ2v) is 12.8. The van der Waals surface area contributed by atoms with Gasteiger partial charge in [0.1, 0.15) is 6.04 Å². The Labute approximate surface area is 293 Å². The van der Waals surface area contributed by atoms with E-state index in [-0.39, 0.29) is 18.9 Å². The average molecular weight is 696 g/mol. The van der Waals surface area contributed by atoms with E-state index in [0.717, 1.165) is 35.5 Å². The lowest BCUT2D eigenvalue weighted by atomic mass is 10.0. The summed E-state index contributed by atoms with van der Waals surface area (Å²) >= 11 is 1.42. The van der Waals surface area contributed by atoms with E-state index >= 15 is 0 Å². The smallest absolute Gasteiger partial charge is 0.338 e. The molecule has 256 valence electrons. The molecule has 0 saturated carbocycles. The summed E-state index contributed by atoms with van der Waals surface area (Å²) in [5, 5.41) is 1.88. The van der Waals surface area contributed by atoms with Crippen LogP contribution in [0.15, 0.2) is 120 Å². The van der Waals surface area contributed by atoms with Crippen LogP contribution in [0.2, 0.25) is 0 Å². The fourth-order valence-electron chi connectivity index (χ4n) is 5.95. The summed E-state index contributed by atoms with van der Waals surface area (Å²) in [6.45, 7) is 3.34. The first-order valence-electron chi connectivity index (χ1n) is 16.3. The molecule has 1 saturated heterocycles. The standard InChI is InChI=1S/C39H36F3N5O2S/c40-39(41,42)33-16-11-29(12-17-33)13-18-37(48)47(26-31-9-14-32(15-10-31)35-8-4-5-19-43-35)36(24-34-27-50-28-44-34)38(49)46-22-20-45(21-23-46)25-30-6-2-1-3-7-30/h1-19,27-28,36H,20-26H2. The van der Waals surface area contributed by atoms with Crippen LogP contribution in [-0.4, -0.2) is 68.7 Å². The van der Waals surface area contributed by atoms with Gasteiger partial charge in [0.05, 0.1) is 22.5 Å². The van der Waals surface area contributed by atoms with Gasteiger partial charge < -0.3 is 9.80 Å². The Hall–Kier alpha value is -5.13. The van der Waals surface area contributed by atoms with Crippen LogP contribution in [0.4, 0.5) is 13.2 Å². The van der Waals surface area contributed by atoms with Crippen molar-refractivity contribution < 1.29 is 22.8 Å². The van der Waals surface area contributed by atoms with E-state index in [4.69, 9.17) is 0 Å². The maximum Gasteiger partial charge on any atom is 0.416 e. The first-order valence-corrected chi connectivity index (χ1v) is 17.3. The van der Waals surface area contributed by atoms with Gasteiger partial charge in [-0.05, 0) is 47.0 Å². The Bertz CT molecular complexity index is 1860. The Balaban J connectivity index is 1.26. The number of rotatable bonds is 11. The molecule has 3 aromatic carbocycles. The van der Waals surface area contributed by atoms with Crippen LogP contribution in [0, 0.1) is 0 Å². The second-order valence-electron chi connectivity index (χ2n) is 12.1. The molecule has 0 spiro atoms. The first kappa shape index (κ1) is 34.7. The SMILES string of the molecule is O=C(C(Cc1cscn1)N(Cc1ccc(-c2ccccn2)cc1)C(=O)C=Cc1ccc(C(F)(F)F)cc1)N1CCN(Cc2ccccc2)CC1. The molecule has 3 heterocycles. The van der Waals surface area contributed by atoms with Gasteiger partial charge >= 0.3 is 6.18 Å². The van der Waals surface area contributed by atoms with E-state index in [0.29, 0.717) is 37.4 Å². The molecule has 2 amide bonds. The lowest BCUT2D eigenvalue weighted by Crippen LogP contribution is -2.56. The Morgan fingerprint density at radius 1 is 0.840 bits per heavy atom. The van der Waals surface area contributed by atoms with Gasteiger partial charge in [0.15, 0.2) is 0 Å². The third-order valence-corrected chi connectivity index (χ3v) is 9.32. The van der Waals surface area contributed by atoms with E-state index < -0.39 is 23.7 Å². The third-order valence-electron chi connectivity index (χ3n) is 8.69. The molecule has 7 nitrogen and oxygen atoms in total. The number of alkyl halides is 3. The van der Waals surface area contributed by atoms with Gasteiger partial charge in [0.25, 0.3) is 0 Å². The molecule has 50 heavy (non-hydrogen) atoms. The summed E-state index contributed by atoms with van der Waals surface area (Å²) in [7, 11) is 0. The second kappa shape index (κ2) is 16.1. The molecule has 1 unspecified atom stereocenters. The highest BCUT2D eigenvalue weighted by Gasteiger charge is 2.35. The van der Waals surface area contributed by atoms with Crippen LogP contribution < -0.4 is 0 Å². The number of aromatic nitrogens is 2. The van der Waals surface area contributed by atoms with E-state index in [2.05, 4.69) is 27.0 Å². The van der Waals surface area contributed by atoms with Gasteiger partial charge in [-0.15, -0.1) is 11.3 Å². The number of nitrogens with zero attached hydrogens (tertiary/aromatic N) is 5. The van der Waals surface area contributed by atoms with E-state index in [9.17, 15) is 22.8 Å². The molecule has 11 heteroatoms. The molecule has 0 bridgehead atoms. The number of carbonyl (C=O) groups excluding carboxylic acids is 2. The van der Waals surface area contributed by atoms with E-state index in [1.165, 1.54) is 41.2 Å². The molecule has 2 aromatic heterocycles. The topological polar surface area (TPSA) is 69.6 Å². The van der Waals surface area contributed by atoms with Crippen molar-refractivity contribution in [2.24, 2.45) is 0 Å². The largest absolute Gasteiger partial charge is 0.416 e. The van der Waals surface area contributed by atoms with Gasteiger partial charge in [-0.25, -0.2) is 4.98 Å². The van der Waals surface area contributed by atoms with Gasteiger partial charge in [-0.3, -0.25) is 19.5 Å². The minimum Gasteiger partial charge on any atom is -0.338 e. The fourth-order valence-corrected chi connectivity index (χ4v) is 6.52. The average Bonchev–Trinajstić information content (AvgIpc) is 3.66. The fraction of sp³-hybridized carbons (Fsp3) is 0.231. The number of piperazine rings is 1. The van der Waals surface area contributed by atoms with Crippen LogP contribution >= 0.6 is 11.3 Å². The number of halogens is 3. The Morgan fingerprint density at radius 3 is 2.20 bits per heavy atom. The van der Waals surface area contributed by atoms with Crippen molar-refractivity contribution in [3.8, 4) is 11.3 Å². The highest BCUT2D eigenvalue weighted by Crippen LogP contribution is 2.29. The zero-order valence-corrected chi connectivity index (χ0v) is 28.1. The highest BCUT2D eigenvalue weighted by atomic mass is 32.1. The molecule has 1 fully saturated rings. The molecule has 0 radical (unpaired) electrons. The normalized spacial score (nSPS) is 14.5. The van der Waals surface area contributed by atoms with Crippen molar-refractivity contribution >= 4 is 29.2 Å². The zero-order chi connectivity index (χ0) is 34.9. The minimum atomic E-state index is -4.46. The van der Waals surface area contributed by atoms with Crippen LogP contribution in [0.25, 0.3) is 17.3 Å². The van der Waals surface area contributed by atoms with Gasteiger partial charge in [0, 0.05) is 68.9 Å². The Kier molecular flexibility index (Phi) is 11.1. The number of benzene rings is 3. The number of thiazole rings is 1. The van der Waals surface area contributed by atoms with E-state index in [1.54, 1.807) is 16.6 Å². The highest BCUT2D eigenvalue weighted by molar-refractivity contribution is 7.07. The molecule has 1 aliphatic heterocycles. The van der Waals surface area contributed by atoms with Crippen molar-refractivity contribution in [2.45, 2.75) is 31.7 Å². The van der Waals surface area contributed by atoms with Crippen molar-refractivity contribution in [3.05, 3.63) is 148 Å². The van der Waals surface area contributed by atoms with Crippen LogP contribution in [0.3, 0.4) is 0 Å². The molecular weight excluding hydrogens is 660 g/mol. The molecule has 0 aliphatic carbocycles. The maximum absolute atomic E-state index is 14.4. The van der Waals surface area contributed by atoms with Crippen molar-refractivity contribution in [1.29, 1.82) is 0 Å². The Morgan fingerprint density at radius 2 is 1.56 bits per heavy atom. The molecule has 1 aliphatic rings. The number of hydrogen-bond acceptors (Lipinski definition) is 6. The lowest BCUT2D eigenvalue weighted by Gasteiger charge is -2.39. The summed E-state index contributed by atoms with van der Waals surface area (Å²) in [6, 6.07) is 27.3. The lowest BCUT2D eigenvalue weighted by molar-refractivity contribution is -0.145. The third kappa shape index (κ3) is 9.10. The maximum atomic E-state index is 14.4. The number of hydrogen-bond donors (Lipinski definition) is 0.